The first-order valence-corrected chi connectivity index (χ1v) is 11.6. The lowest BCUT2D eigenvalue weighted by Crippen LogP contribution is -2.11. The molecule has 0 unspecified atom stereocenters. The first kappa shape index (κ1) is 19.4. The molecule has 1 amide bonds. The van der Waals surface area contributed by atoms with Crippen LogP contribution in [0.1, 0.15) is 10.4 Å². The van der Waals surface area contributed by atoms with Crippen LogP contribution in [0.3, 0.4) is 0 Å². The van der Waals surface area contributed by atoms with Crippen molar-refractivity contribution in [3.05, 3.63) is 107 Å². The zero-order valence-corrected chi connectivity index (χ0v) is 18.1. The Morgan fingerprint density at radius 2 is 1.55 bits per heavy atom. The molecular weight excluding hydrogens is 420 g/mol. The molecule has 5 aromatic rings. The second-order valence-corrected chi connectivity index (χ2v) is 8.80. The molecule has 2 aromatic heterocycles. The molecule has 5 rings (SSSR count). The third-order valence-electron chi connectivity index (χ3n) is 4.89. The number of nitrogens with one attached hydrogen (secondary N) is 1. The van der Waals surface area contributed by atoms with E-state index in [-0.39, 0.29) is 5.91 Å². The molecule has 150 valence electrons. The maximum atomic E-state index is 12.7. The summed E-state index contributed by atoms with van der Waals surface area (Å²) in [7, 11) is 0. The van der Waals surface area contributed by atoms with Crippen molar-refractivity contribution in [1.82, 2.24) is 4.98 Å². The van der Waals surface area contributed by atoms with E-state index in [1.807, 2.05) is 83.6 Å². The number of carbonyl (C=O) groups excluding carboxylic acids is 1. The second-order valence-electron chi connectivity index (χ2n) is 6.99. The summed E-state index contributed by atoms with van der Waals surface area (Å²) >= 11 is 3.30. The average molecular weight is 439 g/mol. The Kier molecular flexibility index (Phi) is 5.44. The van der Waals surface area contributed by atoms with Crippen LogP contribution in [0.5, 0.6) is 0 Å². The third kappa shape index (κ3) is 4.33. The fraction of sp³-hybridized carbons (Fsp3) is 0. The van der Waals surface area contributed by atoms with Crippen LogP contribution in [0.4, 0.5) is 5.69 Å². The monoisotopic (exact) mass is 438 g/mol. The molecule has 31 heavy (non-hydrogen) atoms. The molecule has 0 atom stereocenters. The van der Waals surface area contributed by atoms with Crippen LogP contribution < -0.4 is 5.32 Å². The SMILES string of the molecule is O=C(Nc1cccc(-c2csc(-c3ccccc3)n2)c1)c1ccc(-c2cccs2)cc1. The molecule has 0 saturated carbocycles. The number of hydrogen-bond acceptors (Lipinski definition) is 4. The summed E-state index contributed by atoms with van der Waals surface area (Å²) < 4.78 is 0. The lowest BCUT2D eigenvalue weighted by atomic mass is 10.1. The van der Waals surface area contributed by atoms with E-state index in [0.29, 0.717) is 5.56 Å². The van der Waals surface area contributed by atoms with E-state index >= 15 is 0 Å². The van der Waals surface area contributed by atoms with E-state index < -0.39 is 0 Å². The Morgan fingerprint density at radius 3 is 2.32 bits per heavy atom. The fourth-order valence-corrected chi connectivity index (χ4v) is 4.88. The van der Waals surface area contributed by atoms with E-state index in [1.54, 1.807) is 22.7 Å². The van der Waals surface area contributed by atoms with Crippen LogP contribution in [0.25, 0.3) is 32.3 Å². The van der Waals surface area contributed by atoms with Gasteiger partial charge in [-0.15, -0.1) is 22.7 Å². The average Bonchev–Trinajstić information content (AvgIpc) is 3.53. The minimum Gasteiger partial charge on any atom is -0.322 e. The molecule has 1 N–H and O–H groups in total. The van der Waals surface area contributed by atoms with Gasteiger partial charge in [0.2, 0.25) is 0 Å². The first-order valence-electron chi connectivity index (χ1n) is 9.83. The Labute approximate surface area is 188 Å². The van der Waals surface area contributed by atoms with Gasteiger partial charge in [0.25, 0.3) is 5.91 Å². The number of carbonyl (C=O) groups is 1. The number of thiazole rings is 1. The fourth-order valence-electron chi connectivity index (χ4n) is 3.31. The minimum absolute atomic E-state index is 0.127. The first-order chi connectivity index (χ1) is 15.3. The van der Waals surface area contributed by atoms with Crippen molar-refractivity contribution in [1.29, 1.82) is 0 Å². The highest BCUT2D eigenvalue weighted by atomic mass is 32.1. The quantitative estimate of drug-likeness (QED) is 0.309. The topological polar surface area (TPSA) is 42.0 Å². The molecule has 0 aliphatic rings. The van der Waals surface area contributed by atoms with Crippen molar-refractivity contribution in [2.24, 2.45) is 0 Å². The summed E-state index contributed by atoms with van der Waals surface area (Å²) in [6, 6.07) is 29.7. The van der Waals surface area contributed by atoms with Gasteiger partial charge in [0.15, 0.2) is 0 Å². The number of hydrogen-bond donors (Lipinski definition) is 1. The Hall–Kier alpha value is -3.54. The Balaban J connectivity index is 1.32. The number of aromatic nitrogens is 1. The molecule has 0 bridgehead atoms. The third-order valence-corrected chi connectivity index (χ3v) is 6.70. The molecule has 0 fully saturated rings. The van der Waals surface area contributed by atoms with Crippen molar-refractivity contribution in [2.45, 2.75) is 0 Å². The number of nitrogens with zero attached hydrogens (tertiary/aromatic N) is 1. The molecular formula is C26H18N2OS2. The van der Waals surface area contributed by atoms with Gasteiger partial charge in [0.1, 0.15) is 5.01 Å². The lowest BCUT2D eigenvalue weighted by molar-refractivity contribution is 0.102. The van der Waals surface area contributed by atoms with Gasteiger partial charge in [0, 0.05) is 32.6 Å². The smallest absolute Gasteiger partial charge is 0.255 e. The van der Waals surface area contributed by atoms with Crippen LogP contribution in [0, 0.1) is 0 Å². The van der Waals surface area contributed by atoms with E-state index in [2.05, 4.69) is 23.5 Å². The molecule has 3 aromatic carbocycles. The van der Waals surface area contributed by atoms with E-state index in [0.717, 1.165) is 33.1 Å². The van der Waals surface area contributed by atoms with Gasteiger partial charge in [-0.3, -0.25) is 4.79 Å². The molecule has 0 aliphatic heterocycles. The number of benzene rings is 3. The summed E-state index contributed by atoms with van der Waals surface area (Å²) in [4.78, 5) is 18.7. The van der Waals surface area contributed by atoms with Crippen molar-refractivity contribution in [3.8, 4) is 32.3 Å². The summed E-state index contributed by atoms with van der Waals surface area (Å²) in [5.74, 6) is -0.127. The van der Waals surface area contributed by atoms with Gasteiger partial charge in [-0.1, -0.05) is 60.7 Å². The number of amides is 1. The standard InChI is InChI=1S/C26H18N2OS2/c29-25(19-13-11-18(12-14-19)24-10-5-15-30-24)27-22-9-4-8-21(16-22)23-17-31-26(28-23)20-6-2-1-3-7-20/h1-17H,(H,27,29). The maximum absolute atomic E-state index is 12.7. The van der Waals surface area contributed by atoms with E-state index in [4.69, 9.17) is 4.98 Å². The van der Waals surface area contributed by atoms with Crippen LogP contribution in [0.2, 0.25) is 0 Å². The highest BCUT2D eigenvalue weighted by molar-refractivity contribution is 7.13. The summed E-state index contributed by atoms with van der Waals surface area (Å²) in [5.41, 5.74) is 5.48. The van der Waals surface area contributed by atoms with Crippen molar-refractivity contribution in [2.75, 3.05) is 5.32 Å². The van der Waals surface area contributed by atoms with Crippen LogP contribution in [-0.4, -0.2) is 10.9 Å². The van der Waals surface area contributed by atoms with E-state index in [9.17, 15) is 4.79 Å². The van der Waals surface area contributed by atoms with Crippen molar-refractivity contribution >= 4 is 34.3 Å². The minimum atomic E-state index is -0.127. The van der Waals surface area contributed by atoms with Crippen molar-refractivity contribution in [3.63, 3.8) is 0 Å². The van der Waals surface area contributed by atoms with E-state index in [1.165, 1.54) is 4.88 Å². The normalized spacial score (nSPS) is 10.7. The highest BCUT2D eigenvalue weighted by Gasteiger charge is 2.10. The largest absolute Gasteiger partial charge is 0.322 e. The molecule has 0 saturated heterocycles. The summed E-state index contributed by atoms with van der Waals surface area (Å²) in [6.07, 6.45) is 0. The van der Waals surface area contributed by atoms with Crippen LogP contribution in [0.15, 0.2) is 102 Å². The van der Waals surface area contributed by atoms with Gasteiger partial charge >= 0.3 is 0 Å². The maximum Gasteiger partial charge on any atom is 0.255 e. The molecule has 0 spiro atoms. The molecule has 0 aliphatic carbocycles. The zero-order valence-electron chi connectivity index (χ0n) is 16.5. The summed E-state index contributed by atoms with van der Waals surface area (Å²) in [6.45, 7) is 0. The second kappa shape index (κ2) is 8.68. The van der Waals surface area contributed by atoms with Gasteiger partial charge in [0.05, 0.1) is 5.69 Å². The van der Waals surface area contributed by atoms with Gasteiger partial charge in [-0.25, -0.2) is 4.98 Å². The Bertz CT molecular complexity index is 1310. The van der Waals surface area contributed by atoms with Crippen LogP contribution in [-0.2, 0) is 0 Å². The van der Waals surface area contributed by atoms with Crippen LogP contribution >= 0.6 is 22.7 Å². The predicted octanol–water partition coefficient (Wildman–Crippen LogP) is 7.46. The molecule has 0 radical (unpaired) electrons. The highest BCUT2D eigenvalue weighted by Crippen LogP contribution is 2.30. The van der Waals surface area contributed by atoms with Gasteiger partial charge in [-0.05, 0) is 41.3 Å². The van der Waals surface area contributed by atoms with Gasteiger partial charge in [-0.2, -0.15) is 0 Å². The Morgan fingerprint density at radius 1 is 0.742 bits per heavy atom. The predicted molar refractivity (Wildman–Crippen MR) is 131 cm³/mol. The molecule has 3 nitrogen and oxygen atoms in total. The molecule has 5 heteroatoms. The molecule has 2 heterocycles. The summed E-state index contributed by atoms with van der Waals surface area (Å²) in [5, 5.41) is 8.08. The zero-order chi connectivity index (χ0) is 21.0. The van der Waals surface area contributed by atoms with Gasteiger partial charge < -0.3 is 5.32 Å². The number of anilines is 1. The lowest BCUT2D eigenvalue weighted by Gasteiger charge is -2.07. The van der Waals surface area contributed by atoms with Crippen molar-refractivity contribution < 1.29 is 4.79 Å². The number of rotatable bonds is 5. The number of thiophene rings is 1.